The SMILES string of the molecule is CCCCC(CC)CC1(CO)CCOCC1. The van der Waals surface area contributed by atoms with Crippen LogP contribution in [-0.2, 0) is 4.74 Å². The van der Waals surface area contributed by atoms with Gasteiger partial charge in [-0.3, -0.25) is 0 Å². The molecule has 1 aliphatic rings. The number of aliphatic hydroxyl groups is 1. The third-order valence-corrected chi connectivity index (χ3v) is 4.15. The Kier molecular flexibility index (Phi) is 6.37. The van der Waals surface area contributed by atoms with Gasteiger partial charge in [-0.15, -0.1) is 0 Å². The number of hydrogen-bond acceptors (Lipinski definition) is 2. The van der Waals surface area contributed by atoms with E-state index in [4.69, 9.17) is 4.74 Å². The summed E-state index contributed by atoms with van der Waals surface area (Å²) in [5.41, 5.74) is 0.173. The van der Waals surface area contributed by atoms with Crippen LogP contribution in [0.25, 0.3) is 0 Å². The Labute approximate surface area is 100 Å². The predicted molar refractivity (Wildman–Crippen MR) is 67.5 cm³/mol. The maximum Gasteiger partial charge on any atom is 0.0489 e. The lowest BCUT2D eigenvalue weighted by atomic mass is 9.72. The van der Waals surface area contributed by atoms with Crippen molar-refractivity contribution in [2.45, 2.75) is 58.8 Å². The molecule has 16 heavy (non-hydrogen) atoms. The van der Waals surface area contributed by atoms with Gasteiger partial charge in [0.1, 0.15) is 0 Å². The van der Waals surface area contributed by atoms with E-state index in [0.29, 0.717) is 6.61 Å². The molecular formula is C14H28O2. The first-order valence-electron chi connectivity index (χ1n) is 6.95. The number of unbranched alkanes of at least 4 members (excludes halogenated alkanes) is 1. The van der Waals surface area contributed by atoms with Gasteiger partial charge < -0.3 is 9.84 Å². The van der Waals surface area contributed by atoms with E-state index in [1.54, 1.807) is 0 Å². The van der Waals surface area contributed by atoms with Crippen molar-refractivity contribution in [3.63, 3.8) is 0 Å². The average Bonchev–Trinajstić information content (AvgIpc) is 2.35. The van der Waals surface area contributed by atoms with Crippen molar-refractivity contribution in [3.05, 3.63) is 0 Å². The van der Waals surface area contributed by atoms with Crippen molar-refractivity contribution in [3.8, 4) is 0 Å². The van der Waals surface area contributed by atoms with E-state index < -0.39 is 0 Å². The van der Waals surface area contributed by atoms with E-state index in [2.05, 4.69) is 13.8 Å². The molecule has 1 saturated heterocycles. The smallest absolute Gasteiger partial charge is 0.0489 e. The molecule has 1 fully saturated rings. The molecule has 0 bridgehead atoms. The average molecular weight is 228 g/mol. The van der Waals surface area contributed by atoms with Crippen LogP contribution in [0.3, 0.4) is 0 Å². The van der Waals surface area contributed by atoms with Crippen LogP contribution in [0.4, 0.5) is 0 Å². The normalized spacial score (nSPS) is 21.9. The second-order valence-corrected chi connectivity index (χ2v) is 5.39. The Hall–Kier alpha value is -0.0800. The molecule has 96 valence electrons. The Bertz CT molecular complexity index is 174. The summed E-state index contributed by atoms with van der Waals surface area (Å²) in [6.45, 7) is 6.56. The molecule has 1 heterocycles. The van der Waals surface area contributed by atoms with Gasteiger partial charge >= 0.3 is 0 Å². The molecular weight excluding hydrogens is 200 g/mol. The second-order valence-electron chi connectivity index (χ2n) is 5.39. The van der Waals surface area contributed by atoms with Gasteiger partial charge in [-0.05, 0) is 30.6 Å². The highest BCUT2D eigenvalue weighted by Gasteiger charge is 2.33. The summed E-state index contributed by atoms with van der Waals surface area (Å²) in [4.78, 5) is 0. The molecule has 1 unspecified atom stereocenters. The third-order valence-electron chi connectivity index (χ3n) is 4.15. The molecule has 0 radical (unpaired) electrons. The van der Waals surface area contributed by atoms with Crippen LogP contribution in [0.1, 0.15) is 58.8 Å². The summed E-state index contributed by atoms with van der Waals surface area (Å²) < 4.78 is 5.41. The Morgan fingerprint density at radius 2 is 1.94 bits per heavy atom. The summed E-state index contributed by atoms with van der Waals surface area (Å²) in [5, 5.41) is 9.66. The highest BCUT2D eigenvalue weighted by molar-refractivity contribution is 4.83. The molecule has 0 aromatic heterocycles. The molecule has 1 aliphatic heterocycles. The van der Waals surface area contributed by atoms with Gasteiger partial charge in [0.25, 0.3) is 0 Å². The summed E-state index contributed by atoms with van der Waals surface area (Å²) in [5.74, 6) is 0.796. The van der Waals surface area contributed by atoms with Crippen LogP contribution < -0.4 is 0 Å². The van der Waals surface area contributed by atoms with Crippen LogP contribution in [0, 0.1) is 11.3 Å². The minimum atomic E-state index is 0.173. The van der Waals surface area contributed by atoms with Crippen LogP contribution in [0.15, 0.2) is 0 Å². The summed E-state index contributed by atoms with van der Waals surface area (Å²) in [6.07, 6.45) is 8.49. The number of rotatable bonds is 7. The van der Waals surface area contributed by atoms with Crippen LogP contribution in [0.5, 0.6) is 0 Å². The Morgan fingerprint density at radius 1 is 1.25 bits per heavy atom. The Morgan fingerprint density at radius 3 is 2.44 bits per heavy atom. The van der Waals surface area contributed by atoms with Crippen molar-refractivity contribution >= 4 is 0 Å². The molecule has 0 saturated carbocycles. The van der Waals surface area contributed by atoms with Crippen molar-refractivity contribution in [1.29, 1.82) is 0 Å². The number of ether oxygens (including phenoxy) is 1. The van der Waals surface area contributed by atoms with Gasteiger partial charge in [0.05, 0.1) is 0 Å². The Balaban J connectivity index is 2.45. The molecule has 0 aromatic rings. The maximum absolute atomic E-state index is 9.66. The standard InChI is InChI=1S/C14H28O2/c1-3-5-6-13(4-2)11-14(12-15)7-9-16-10-8-14/h13,15H,3-12H2,1-2H3. The van der Waals surface area contributed by atoms with Gasteiger partial charge in [-0.25, -0.2) is 0 Å². The number of aliphatic hydroxyl groups excluding tert-OH is 1. The highest BCUT2D eigenvalue weighted by atomic mass is 16.5. The first-order chi connectivity index (χ1) is 7.76. The zero-order chi connectivity index (χ0) is 11.9. The van der Waals surface area contributed by atoms with E-state index >= 15 is 0 Å². The minimum Gasteiger partial charge on any atom is -0.396 e. The van der Waals surface area contributed by atoms with Crippen molar-refractivity contribution in [2.75, 3.05) is 19.8 Å². The number of hydrogen-bond donors (Lipinski definition) is 1. The van der Waals surface area contributed by atoms with E-state index in [-0.39, 0.29) is 5.41 Å². The van der Waals surface area contributed by atoms with Crippen molar-refractivity contribution in [1.82, 2.24) is 0 Å². The fraction of sp³-hybridized carbons (Fsp3) is 1.00. The lowest BCUT2D eigenvalue weighted by molar-refractivity contribution is -0.0300. The first kappa shape index (κ1) is 14.0. The van der Waals surface area contributed by atoms with Gasteiger partial charge in [0.15, 0.2) is 0 Å². The van der Waals surface area contributed by atoms with Crippen LogP contribution in [0.2, 0.25) is 0 Å². The van der Waals surface area contributed by atoms with Gasteiger partial charge in [0.2, 0.25) is 0 Å². The molecule has 0 aliphatic carbocycles. The third kappa shape index (κ3) is 4.06. The topological polar surface area (TPSA) is 29.5 Å². The van der Waals surface area contributed by atoms with Gasteiger partial charge in [0, 0.05) is 19.8 Å². The zero-order valence-corrected chi connectivity index (χ0v) is 11.0. The van der Waals surface area contributed by atoms with E-state index in [0.717, 1.165) is 32.0 Å². The molecule has 1 atom stereocenters. The maximum atomic E-state index is 9.66. The summed E-state index contributed by atoms with van der Waals surface area (Å²) >= 11 is 0. The van der Waals surface area contributed by atoms with E-state index in [1.165, 1.54) is 32.1 Å². The summed E-state index contributed by atoms with van der Waals surface area (Å²) in [6, 6.07) is 0. The minimum absolute atomic E-state index is 0.173. The molecule has 0 spiro atoms. The van der Waals surface area contributed by atoms with Crippen LogP contribution >= 0.6 is 0 Å². The monoisotopic (exact) mass is 228 g/mol. The van der Waals surface area contributed by atoms with E-state index in [1.807, 2.05) is 0 Å². The van der Waals surface area contributed by atoms with E-state index in [9.17, 15) is 5.11 Å². The lowest BCUT2D eigenvalue weighted by Crippen LogP contribution is -2.35. The molecule has 0 amide bonds. The molecule has 2 nitrogen and oxygen atoms in total. The molecule has 2 heteroatoms. The molecule has 1 rings (SSSR count). The first-order valence-corrected chi connectivity index (χ1v) is 6.95. The molecule has 1 N–H and O–H groups in total. The zero-order valence-electron chi connectivity index (χ0n) is 11.0. The fourth-order valence-corrected chi connectivity index (χ4v) is 2.79. The van der Waals surface area contributed by atoms with Gasteiger partial charge in [-0.2, -0.15) is 0 Å². The fourth-order valence-electron chi connectivity index (χ4n) is 2.79. The summed E-state index contributed by atoms with van der Waals surface area (Å²) in [7, 11) is 0. The van der Waals surface area contributed by atoms with Crippen LogP contribution in [-0.4, -0.2) is 24.9 Å². The largest absolute Gasteiger partial charge is 0.396 e. The quantitative estimate of drug-likeness (QED) is 0.724. The predicted octanol–water partition coefficient (Wildman–Crippen LogP) is 3.38. The van der Waals surface area contributed by atoms with Crippen molar-refractivity contribution in [2.24, 2.45) is 11.3 Å². The van der Waals surface area contributed by atoms with Gasteiger partial charge in [-0.1, -0.05) is 39.5 Å². The second kappa shape index (κ2) is 7.29. The molecule has 0 aromatic carbocycles. The van der Waals surface area contributed by atoms with Crippen molar-refractivity contribution < 1.29 is 9.84 Å². The lowest BCUT2D eigenvalue weighted by Gasteiger charge is -2.38. The highest BCUT2D eigenvalue weighted by Crippen LogP contribution is 2.38.